The Morgan fingerprint density at radius 2 is 2.19 bits per heavy atom. The summed E-state index contributed by atoms with van der Waals surface area (Å²) in [6.45, 7) is 2.47. The average molecular weight is 242 g/mol. The highest BCUT2D eigenvalue weighted by molar-refractivity contribution is 6.16. The molecule has 4 heteroatoms. The summed E-state index contributed by atoms with van der Waals surface area (Å²) in [5.41, 5.74) is 0.875. The quantitative estimate of drug-likeness (QED) is 0.760. The van der Waals surface area contributed by atoms with Crippen molar-refractivity contribution in [3.05, 3.63) is 24.0 Å². The minimum absolute atomic E-state index is 0.445. The first-order valence-corrected chi connectivity index (χ1v) is 6.13. The molecule has 1 fully saturated rings. The first kappa shape index (κ1) is 11.7. The summed E-state index contributed by atoms with van der Waals surface area (Å²) in [7, 11) is 0. The van der Waals surface area contributed by atoms with Gasteiger partial charge in [-0.05, 0) is 30.9 Å². The maximum Gasteiger partial charge on any atom is 0.137 e. The third-order valence-electron chi connectivity index (χ3n) is 2.76. The van der Waals surface area contributed by atoms with Gasteiger partial charge in [0.05, 0.1) is 24.4 Å². The van der Waals surface area contributed by atoms with Crippen molar-refractivity contribution in [2.45, 2.75) is 18.7 Å². The molecule has 1 aliphatic rings. The molecular formula is C12H16ClNO2. The van der Waals surface area contributed by atoms with Gasteiger partial charge in [0.1, 0.15) is 5.75 Å². The summed E-state index contributed by atoms with van der Waals surface area (Å²) in [5, 5.41) is 0. The summed E-state index contributed by atoms with van der Waals surface area (Å²) >= 11 is 5.66. The number of alkyl halides is 1. The van der Waals surface area contributed by atoms with Gasteiger partial charge in [-0.3, -0.25) is 4.98 Å². The van der Waals surface area contributed by atoms with Crippen LogP contribution in [0.4, 0.5) is 0 Å². The van der Waals surface area contributed by atoms with Crippen molar-refractivity contribution in [1.82, 2.24) is 4.98 Å². The van der Waals surface area contributed by atoms with Crippen molar-refractivity contribution in [3.63, 3.8) is 0 Å². The van der Waals surface area contributed by atoms with Gasteiger partial charge in [-0.15, -0.1) is 11.6 Å². The maximum atomic E-state index is 5.68. The van der Waals surface area contributed by atoms with E-state index in [-0.39, 0.29) is 0 Å². The van der Waals surface area contributed by atoms with Gasteiger partial charge in [-0.25, -0.2) is 0 Å². The minimum Gasteiger partial charge on any atom is -0.492 e. The lowest BCUT2D eigenvalue weighted by molar-refractivity contribution is 0.0497. The maximum absolute atomic E-state index is 5.68. The summed E-state index contributed by atoms with van der Waals surface area (Å²) in [6.07, 6.45) is 3.91. The highest BCUT2D eigenvalue weighted by Crippen LogP contribution is 2.17. The molecule has 0 spiro atoms. The van der Waals surface area contributed by atoms with Crippen molar-refractivity contribution in [2.24, 2.45) is 5.92 Å². The summed E-state index contributed by atoms with van der Waals surface area (Å²) in [6, 6.07) is 3.82. The summed E-state index contributed by atoms with van der Waals surface area (Å²) in [5.74, 6) is 1.88. The Hall–Kier alpha value is -0.800. The van der Waals surface area contributed by atoms with E-state index < -0.39 is 0 Å². The molecule has 1 aromatic rings. The molecule has 0 saturated carbocycles. The zero-order valence-electron chi connectivity index (χ0n) is 9.19. The van der Waals surface area contributed by atoms with Crippen molar-refractivity contribution in [3.8, 4) is 5.75 Å². The molecule has 2 rings (SSSR count). The molecule has 2 heterocycles. The molecule has 0 amide bonds. The molecule has 0 N–H and O–H groups in total. The lowest BCUT2D eigenvalue weighted by Crippen LogP contribution is -2.21. The van der Waals surface area contributed by atoms with Crippen molar-refractivity contribution in [2.75, 3.05) is 19.8 Å². The van der Waals surface area contributed by atoms with E-state index in [1.807, 2.05) is 12.1 Å². The van der Waals surface area contributed by atoms with Crippen LogP contribution in [0, 0.1) is 5.92 Å². The van der Waals surface area contributed by atoms with E-state index in [0.717, 1.165) is 44.1 Å². The molecule has 0 radical (unpaired) electrons. The third kappa shape index (κ3) is 3.35. The number of rotatable bonds is 4. The Kier molecular flexibility index (Phi) is 4.43. The Morgan fingerprint density at radius 3 is 2.81 bits per heavy atom. The second kappa shape index (κ2) is 6.06. The molecule has 1 aromatic heterocycles. The predicted molar refractivity (Wildman–Crippen MR) is 62.8 cm³/mol. The zero-order chi connectivity index (χ0) is 11.2. The number of pyridine rings is 1. The second-order valence-electron chi connectivity index (χ2n) is 3.99. The molecular weight excluding hydrogens is 226 g/mol. The lowest BCUT2D eigenvalue weighted by Gasteiger charge is -2.21. The molecule has 0 unspecified atom stereocenters. The van der Waals surface area contributed by atoms with E-state index >= 15 is 0 Å². The normalized spacial score (nSPS) is 17.3. The van der Waals surface area contributed by atoms with Gasteiger partial charge in [-0.2, -0.15) is 0 Å². The van der Waals surface area contributed by atoms with Gasteiger partial charge in [0.15, 0.2) is 0 Å². The number of hydrogen-bond acceptors (Lipinski definition) is 3. The monoisotopic (exact) mass is 241 g/mol. The Morgan fingerprint density at radius 1 is 1.38 bits per heavy atom. The Bertz CT molecular complexity index is 309. The lowest BCUT2D eigenvalue weighted by atomic mass is 10.0. The molecule has 3 nitrogen and oxygen atoms in total. The first-order chi connectivity index (χ1) is 7.88. The standard InChI is InChI=1S/C12H16ClNO2/c13-7-11-1-2-12(8-14-11)16-9-10-3-5-15-6-4-10/h1-2,8,10H,3-7,9H2. The van der Waals surface area contributed by atoms with E-state index in [2.05, 4.69) is 4.98 Å². The molecule has 0 atom stereocenters. The topological polar surface area (TPSA) is 31.4 Å². The van der Waals surface area contributed by atoms with Crippen LogP contribution in [0.15, 0.2) is 18.3 Å². The summed E-state index contributed by atoms with van der Waals surface area (Å²) in [4.78, 5) is 4.18. The molecule has 0 bridgehead atoms. The van der Waals surface area contributed by atoms with Crippen LogP contribution in [-0.2, 0) is 10.6 Å². The molecule has 16 heavy (non-hydrogen) atoms. The van der Waals surface area contributed by atoms with Crippen LogP contribution in [0.25, 0.3) is 0 Å². The fourth-order valence-corrected chi connectivity index (χ4v) is 1.86. The number of hydrogen-bond donors (Lipinski definition) is 0. The molecule has 1 saturated heterocycles. The van der Waals surface area contributed by atoms with E-state index in [9.17, 15) is 0 Å². The predicted octanol–water partition coefficient (Wildman–Crippen LogP) is 2.63. The third-order valence-corrected chi connectivity index (χ3v) is 3.03. The highest BCUT2D eigenvalue weighted by Gasteiger charge is 2.14. The van der Waals surface area contributed by atoms with Gasteiger partial charge in [0.2, 0.25) is 0 Å². The number of ether oxygens (including phenoxy) is 2. The molecule has 1 aliphatic heterocycles. The smallest absolute Gasteiger partial charge is 0.137 e. The van der Waals surface area contributed by atoms with Crippen LogP contribution >= 0.6 is 11.6 Å². The Balaban J connectivity index is 1.79. The zero-order valence-corrected chi connectivity index (χ0v) is 9.95. The van der Waals surface area contributed by atoms with Gasteiger partial charge >= 0.3 is 0 Å². The van der Waals surface area contributed by atoms with Crippen molar-refractivity contribution < 1.29 is 9.47 Å². The molecule has 88 valence electrons. The Labute approximate surface area is 101 Å². The number of nitrogens with zero attached hydrogens (tertiary/aromatic N) is 1. The van der Waals surface area contributed by atoms with E-state index in [1.165, 1.54) is 0 Å². The van der Waals surface area contributed by atoms with E-state index in [1.54, 1.807) is 6.20 Å². The number of aromatic nitrogens is 1. The van der Waals surface area contributed by atoms with Crippen LogP contribution < -0.4 is 4.74 Å². The fraction of sp³-hybridized carbons (Fsp3) is 0.583. The van der Waals surface area contributed by atoms with Crippen LogP contribution in [0.1, 0.15) is 18.5 Å². The van der Waals surface area contributed by atoms with Gasteiger partial charge in [0.25, 0.3) is 0 Å². The van der Waals surface area contributed by atoms with Crippen LogP contribution in [0.2, 0.25) is 0 Å². The van der Waals surface area contributed by atoms with Crippen molar-refractivity contribution in [1.29, 1.82) is 0 Å². The second-order valence-corrected chi connectivity index (χ2v) is 4.25. The first-order valence-electron chi connectivity index (χ1n) is 5.60. The fourth-order valence-electron chi connectivity index (χ4n) is 1.70. The minimum atomic E-state index is 0.445. The molecule has 0 aromatic carbocycles. The van der Waals surface area contributed by atoms with Gasteiger partial charge < -0.3 is 9.47 Å². The van der Waals surface area contributed by atoms with Crippen LogP contribution in [0.5, 0.6) is 5.75 Å². The largest absolute Gasteiger partial charge is 0.492 e. The molecule has 0 aliphatic carbocycles. The average Bonchev–Trinajstić information content (AvgIpc) is 2.38. The van der Waals surface area contributed by atoms with E-state index in [0.29, 0.717) is 11.8 Å². The van der Waals surface area contributed by atoms with Crippen molar-refractivity contribution >= 4 is 11.6 Å². The summed E-state index contributed by atoms with van der Waals surface area (Å²) < 4.78 is 11.0. The highest BCUT2D eigenvalue weighted by atomic mass is 35.5. The van der Waals surface area contributed by atoms with Gasteiger partial charge in [0, 0.05) is 13.2 Å². The van der Waals surface area contributed by atoms with Gasteiger partial charge in [-0.1, -0.05) is 0 Å². The SMILES string of the molecule is ClCc1ccc(OCC2CCOCC2)cn1. The number of halogens is 1. The van der Waals surface area contributed by atoms with Crippen LogP contribution in [-0.4, -0.2) is 24.8 Å². The van der Waals surface area contributed by atoms with E-state index in [4.69, 9.17) is 21.1 Å². The van der Waals surface area contributed by atoms with Crippen LogP contribution in [0.3, 0.4) is 0 Å².